The predicted octanol–water partition coefficient (Wildman–Crippen LogP) is 2.86. The molecule has 5 heteroatoms. The van der Waals surface area contributed by atoms with E-state index in [0.717, 1.165) is 19.0 Å². The fourth-order valence-corrected chi connectivity index (χ4v) is 5.01. The van der Waals surface area contributed by atoms with Crippen molar-refractivity contribution in [1.29, 1.82) is 0 Å². The smallest absolute Gasteiger partial charge is 0.146 e. The van der Waals surface area contributed by atoms with E-state index >= 15 is 0 Å². The van der Waals surface area contributed by atoms with Crippen LogP contribution in [0.5, 0.6) is 0 Å². The van der Waals surface area contributed by atoms with Gasteiger partial charge >= 0.3 is 0 Å². The van der Waals surface area contributed by atoms with Gasteiger partial charge in [0, 0.05) is 31.0 Å². The van der Waals surface area contributed by atoms with Crippen molar-refractivity contribution in [3.05, 3.63) is 11.6 Å². The van der Waals surface area contributed by atoms with E-state index < -0.39 is 0 Å². The van der Waals surface area contributed by atoms with Crippen molar-refractivity contribution in [1.82, 2.24) is 19.7 Å². The summed E-state index contributed by atoms with van der Waals surface area (Å²) >= 11 is 0. The SMILES string of the molecule is CCOC1CC(N(C)Cc2nnc(C3CC3)n2C)C12CCCC2. The molecule has 0 bridgehead atoms. The number of nitrogens with zero attached hydrogens (tertiary/aromatic N) is 4. The number of rotatable bonds is 6. The summed E-state index contributed by atoms with van der Waals surface area (Å²) in [5.74, 6) is 2.96. The van der Waals surface area contributed by atoms with Crippen molar-refractivity contribution >= 4 is 0 Å². The van der Waals surface area contributed by atoms with E-state index in [-0.39, 0.29) is 0 Å². The van der Waals surface area contributed by atoms with Gasteiger partial charge in [0.15, 0.2) is 0 Å². The van der Waals surface area contributed by atoms with Crippen molar-refractivity contribution in [3.63, 3.8) is 0 Å². The third kappa shape index (κ3) is 2.52. The molecule has 0 saturated heterocycles. The van der Waals surface area contributed by atoms with E-state index in [4.69, 9.17) is 4.74 Å². The van der Waals surface area contributed by atoms with Crippen LogP contribution in [0.15, 0.2) is 0 Å². The van der Waals surface area contributed by atoms with Crippen molar-refractivity contribution in [2.45, 2.75) is 76.5 Å². The molecule has 3 aliphatic rings. The molecule has 1 aromatic rings. The first-order chi connectivity index (χ1) is 11.2. The highest BCUT2D eigenvalue weighted by atomic mass is 16.5. The van der Waals surface area contributed by atoms with Crippen LogP contribution in [0.4, 0.5) is 0 Å². The van der Waals surface area contributed by atoms with Crippen LogP contribution in [-0.4, -0.2) is 45.5 Å². The van der Waals surface area contributed by atoms with Crippen LogP contribution in [-0.2, 0) is 18.3 Å². The van der Waals surface area contributed by atoms with Crippen molar-refractivity contribution in [2.75, 3.05) is 13.7 Å². The Morgan fingerprint density at radius 1 is 1.26 bits per heavy atom. The van der Waals surface area contributed by atoms with Gasteiger partial charge in [-0.05, 0) is 46.1 Å². The van der Waals surface area contributed by atoms with Gasteiger partial charge in [0.1, 0.15) is 11.6 Å². The van der Waals surface area contributed by atoms with Gasteiger partial charge in [-0.15, -0.1) is 10.2 Å². The van der Waals surface area contributed by atoms with Crippen molar-refractivity contribution in [3.8, 4) is 0 Å². The van der Waals surface area contributed by atoms with E-state index in [0.29, 0.717) is 23.5 Å². The van der Waals surface area contributed by atoms with Gasteiger partial charge in [-0.25, -0.2) is 0 Å². The fourth-order valence-electron chi connectivity index (χ4n) is 5.01. The molecule has 1 spiro atoms. The molecule has 1 aromatic heterocycles. The first-order valence-electron chi connectivity index (χ1n) is 9.35. The minimum Gasteiger partial charge on any atom is -0.378 e. The lowest BCUT2D eigenvalue weighted by Gasteiger charge is -2.57. The summed E-state index contributed by atoms with van der Waals surface area (Å²) in [5, 5.41) is 8.90. The second kappa shape index (κ2) is 5.85. The lowest BCUT2D eigenvalue weighted by atomic mass is 9.60. The summed E-state index contributed by atoms with van der Waals surface area (Å²) in [7, 11) is 4.39. The van der Waals surface area contributed by atoms with E-state index in [1.54, 1.807) is 0 Å². The largest absolute Gasteiger partial charge is 0.378 e. The van der Waals surface area contributed by atoms with E-state index in [1.165, 1.54) is 50.8 Å². The van der Waals surface area contributed by atoms with Gasteiger partial charge in [-0.2, -0.15) is 0 Å². The van der Waals surface area contributed by atoms with Crippen LogP contribution in [0, 0.1) is 5.41 Å². The average molecular weight is 318 g/mol. The van der Waals surface area contributed by atoms with Crippen LogP contribution in [0.25, 0.3) is 0 Å². The van der Waals surface area contributed by atoms with E-state index in [2.05, 4.69) is 40.7 Å². The second-order valence-corrected chi connectivity index (χ2v) is 7.86. The van der Waals surface area contributed by atoms with Gasteiger partial charge in [-0.1, -0.05) is 12.8 Å². The Hall–Kier alpha value is -0.940. The average Bonchev–Trinajstić information content (AvgIpc) is 3.10. The molecule has 0 radical (unpaired) electrons. The standard InChI is InChI=1S/C18H30N4O/c1-4-23-15-11-14(18(15)9-5-6-10-18)21(2)12-16-19-20-17(22(16)3)13-7-8-13/h13-15H,4-12H2,1-3H3. The highest BCUT2D eigenvalue weighted by molar-refractivity contribution is 5.12. The zero-order valence-corrected chi connectivity index (χ0v) is 14.8. The maximum absolute atomic E-state index is 6.05. The Balaban J connectivity index is 1.45. The summed E-state index contributed by atoms with van der Waals surface area (Å²) < 4.78 is 8.28. The minimum atomic E-state index is 0.405. The molecule has 128 valence electrons. The first-order valence-corrected chi connectivity index (χ1v) is 9.35. The topological polar surface area (TPSA) is 43.2 Å². The van der Waals surface area contributed by atoms with Crippen LogP contribution in [0.2, 0.25) is 0 Å². The van der Waals surface area contributed by atoms with Crippen LogP contribution < -0.4 is 0 Å². The molecule has 3 saturated carbocycles. The molecule has 2 unspecified atom stereocenters. The number of hydrogen-bond acceptors (Lipinski definition) is 4. The van der Waals surface area contributed by atoms with Crippen molar-refractivity contribution in [2.24, 2.45) is 12.5 Å². The second-order valence-electron chi connectivity index (χ2n) is 7.86. The van der Waals surface area contributed by atoms with Crippen LogP contribution in [0.1, 0.15) is 69.4 Å². The number of ether oxygens (including phenoxy) is 1. The molecule has 5 nitrogen and oxygen atoms in total. The fraction of sp³-hybridized carbons (Fsp3) is 0.889. The van der Waals surface area contributed by atoms with E-state index in [1.807, 2.05) is 0 Å². The Morgan fingerprint density at radius 2 is 2.00 bits per heavy atom. The van der Waals surface area contributed by atoms with Crippen molar-refractivity contribution < 1.29 is 4.74 Å². The van der Waals surface area contributed by atoms with Crippen LogP contribution >= 0.6 is 0 Å². The van der Waals surface area contributed by atoms with Gasteiger partial charge in [0.25, 0.3) is 0 Å². The minimum absolute atomic E-state index is 0.405. The highest BCUT2D eigenvalue weighted by Crippen LogP contribution is 2.56. The molecule has 0 N–H and O–H groups in total. The molecule has 0 amide bonds. The Kier molecular flexibility index (Phi) is 3.96. The van der Waals surface area contributed by atoms with Gasteiger partial charge in [0.2, 0.25) is 0 Å². The quantitative estimate of drug-likeness (QED) is 0.809. The number of aromatic nitrogens is 3. The monoisotopic (exact) mass is 318 g/mol. The molecule has 3 aliphatic carbocycles. The molecule has 1 heterocycles. The maximum atomic E-state index is 6.05. The summed E-state index contributed by atoms with van der Waals surface area (Å²) in [5.41, 5.74) is 0.405. The molecule has 4 rings (SSSR count). The number of hydrogen-bond donors (Lipinski definition) is 0. The Labute approximate surface area is 139 Å². The molecular formula is C18H30N4O. The maximum Gasteiger partial charge on any atom is 0.146 e. The van der Waals surface area contributed by atoms with Gasteiger partial charge in [-0.3, -0.25) is 4.90 Å². The summed E-state index contributed by atoms with van der Waals surface area (Å²) in [6, 6.07) is 0.641. The van der Waals surface area contributed by atoms with Crippen LogP contribution in [0.3, 0.4) is 0 Å². The third-order valence-electron chi connectivity index (χ3n) is 6.51. The van der Waals surface area contributed by atoms with Gasteiger partial charge in [0.05, 0.1) is 12.6 Å². The molecule has 23 heavy (non-hydrogen) atoms. The lowest BCUT2D eigenvalue weighted by molar-refractivity contribution is -0.162. The first kappa shape index (κ1) is 15.6. The Morgan fingerprint density at radius 3 is 2.65 bits per heavy atom. The van der Waals surface area contributed by atoms with E-state index in [9.17, 15) is 0 Å². The lowest BCUT2D eigenvalue weighted by Crippen LogP contribution is -2.62. The Bertz CT molecular complexity index is 559. The zero-order chi connectivity index (χ0) is 16.0. The normalized spacial score (nSPS) is 29.4. The predicted molar refractivity (Wildman–Crippen MR) is 89.2 cm³/mol. The molecule has 3 fully saturated rings. The third-order valence-corrected chi connectivity index (χ3v) is 6.51. The highest BCUT2D eigenvalue weighted by Gasteiger charge is 2.57. The molecule has 0 aromatic carbocycles. The summed E-state index contributed by atoms with van der Waals surface area (Å²) in [6.07, 6.45) is 9.61. The molecule has 2 atom stereocenters. The van der Waals surface area contributed by atoms with Gasteiger partial charge < -0.3 is 9.30 Å². The summed E-state index contributed by atoms with van der Waals surface area (Å²) in [6.45, 7) is 3.87. The summed E-state index contributed by atoms with van der Waals surface area (Å²) in [4.78, 5) is 2.52. The zero-order valence-electron chi connectivity index (χ0n) is 14.8. The molecule has 0 aliphatic heterocycles. The molecular weight excluding hydrogens is 288 g/mol.